The lowest BCUT2D eigenvalue weighted by Gasteiger charge is -2.13. The minimum absolute atomic E-state index is 0.431. The molecule has 4 nitrogen and oxygen atoms in total. The van der Waals surface area contributed by atoms with E-state index in [0.29, 0.717) is 11.9 Å². The van der Waals surface area contributed by atoms with Crippen LogP contribution in [-0.2, 0) is 6.54 Å². The highest BCUT2D eigenvalue weighted by atomic mass is 16.5. The summed E-state index contributed by atoms with van der Waals surface area (Å²) in [5, 5.41) is 3.42. The highest BCUT2D eigenvalue weighted by Crippen LogP contribution is 2.27. The molecule has 0 aliphatic rings. The van der Waals surface area contributed by atoms with Crippen molar-refractivity contribution in [1.29, 1.82) is 0 Å². The number of pyridine rings is 1. The molecule has 0 amide bonds. The highest BCUT2D eigenvalue weighted by Gasteiger charge is 2.07. The minimum Gasteiger partial charge on any atom is -0.496 e. The Morgan fingerprint density at radius 3 is 2.38 bits per heavy atom. The van der Waals surface area contributed by atoms with Crippen LogP contribution in [0.25, 0.3) is 11.1 Å². The zero-order valence-corrected chi connectivity index (χ0v) is 13.0. The van der Waals surface area contributed by atoms with E-state index in [-0.39, 0.29) is 0 Å². The first-order valence-corrected chi connectivity index (χ1v) is 7.04. The van der Waals surface area contributed by atoms with Crippen molar-refractivity contribution in [2.45, 2.75) is 26.4 Å². The van der Waals surface area contributed by atoms with Gasteiger partial charge in [-0.05, 0) is 23.8 Å². The Morgan fingerprint density at radius 1 is 1.05 bits per heavy atom. The topological polar surface area (TPSA) is 43.4 Å². The maximum atomic E-state index is 5.43. The van der Waals surface area contributed by atoms with Gasteiger partial charge < -0.3 is 14.8 Å². The van der Waals surface area contributed by atoms with Crippen molar-refractivity contribution in [3.63, 3.8) is 0 Å². The van der Waals surface area contributed by atoms with Gasteiger partial charge in [0.05, 0.1) is 14.2 Å². The van der Waals surface area contributed by atoms with Gasteiger partial charge in [0.2, 0.25) is 5.88 Å². The van der Waals surface area contributed by atoms with Crippen LogP contribution in [0, 0.1) is 0 Å². The fourth-order valence-electron chi connectivity index (χ4n) is 2.08. The maximum Gasteiger partial charge on any atom is 0.212 e. The van der Waals surface area contributed by atoms with Crippen molar-refractivity contribution in [2.75, 3.05) is 14.2 Å². The van der Waals surface area contributed by atoms with Gasteiger partial charge in [0.15, 0.2) is 0 Å². The number of hydrogen-bond acceptors (Lipinski definition) is 4. The second kappa shape index (κ2) is 7.09. The van der Waals surface area contributed by atoms with E-state index in [9.17, 15) is 0 Å². The van der Waals surface area contributed by atoms with Crippen LogP contribution in [0.15, 0.2) is 36.5 Å². The average Bonchev–Trinajstić information content (AvgIpc) is 2.52. The molecule has 2 aromatic rings. The number of ether oxygens (including phenoxy) is 2. The summed E-state index contributed by atoms with van der Waals surface area (Å²) in [4.78, 5) is 4.25. The van der Waals surface area contributed by atoms with E-state index in [1.165, 1.54) is 0 Å². The number of aromatic nitrogens is 1. The Morgan fingerprint density at radius 2 is 1.81 bits per heavy atom. The van der Waals surface area contributed by atoms with Crippen LogP contribution in [0.3, 0.4) is 0 Å². The predicted molar refractivity (Wildman–Crippen MR) is 84.8 cm³/mol. The van der Waals surface area contributed by atoms with Gasteiger partial charge in [-0.3, -0.25) is 0 Å². The fourth-order valence-corrected chi connectivity index (χ4v) is 2.08. The Hall–Kier alpha value is -2.07. The van der Waals surface area contributed by atoms with Gasteiger partial charge in [0.25, 0.3) is 0 Å². The van der Waals surface area contributed by atoms with E-state index in [4.69, 9.17) is 9.47 Å². The van der Waals surface area contributed by atoms with E-state index in [1.807, 2.05) is 30.5 Å². The Balaban J connectivity index is 2.28. The number of methoxy groups -OCH3 is 2. The van der Waals surface area contributed by atoms with Gasteiger partial charge >= 0.3 is 0 Å². The lowest BCUT2D eigenvalue weighted by molar-refractivity contribution is 0.398. The molecular formula is C17H22N2O2. The molecular weight excluding hydrogens is 264 g/mol. The van der Waals surface area contributed by atoms with Crippen molar-refractivity contribution < 1.29 is 9.47 Å². The molecule has 0 fully saturated rings. The normalized spacial score (nSPS) is 10.7. The molecule has 0 aliphatic carbocycles. The number of nitrogens with one attached hydrogen (secondary N) is 1. The number of nitrogens with zero attached hydrogens (tertiary/aromatic N) is 1. The Labute approximate surface area is 126 Å². The van der Waals surface area contributed by atoms with Crippen molar-refractivity contribution >= 4 is 0 Å². The zero-order valence-electron chi connectivity index (χ0n) is 13.0. The lowest BCUT2D eigenvalue weighted by Crippen LogP contribution is -2.22. The third-order valence-corrected chi connectivity index (χ3v) is 3.26. The van der Waals surface area contributed by atoms with E-state index in [1.54, 1.807) is 14.2 Å². The summed E-state index contributed by atoms with van der Waals surface area (Å²) in [5.74, 6) is 1.52. The molecule has 1 aromatic carbocycles. The molecule has 0 aliphatic heterocycles. The first-order valence-electron chi connectivity index (χ1n) is 7.04. The molecule has 1 N–H and O–H groups in total. The van der Waals surface area contributed by atoms with Crippen LogP contribution in [0.5, 0.6) is 11.6 Å². The molecule has 0 unspecified atom stereocenters. The zero-order chi connectivity index (χ0) is 15.2. The summed E-state index contributed by atoms with van der Waals surface area (Å²) in [6, 6.07) is 10.5. The number of benzene rings is 1. The molecule has 1 aromatic heterocycles. The molecule has 2 rings (SSSR count). The van der Waals surface area contributed by atoms with Crippen LogP contribution in [0.1, 0.15) is 19.4 Å². The summed E-state index contributed by atoms with van der Waals surface area (Å²) in [6.45, 7) is 5.03. The van der Waals surface area contributed by atoms with E-state index in [2.05, 4.69) is 30.2 Å². The largest absolute Gasteiger partial charge is 0.496 e. The molecule has 0 atom stereocenters. The van der Waals surface area contributed by atoms with Gasteiger partial charge in [-0.2, -0.15) is 0 Å². The van der Waals surface area contributed by atoms with Crippen LogP contribution in [-0.4, -0.2) is 25.2 Å². The van der Waals surface area contributed by atoms with Crippen molar-refractivity contribution in [3.8, 4) is 22.8 Å². The maximum absolute atomic E-state index is 5.43. The van der Waals surface area contributed by atoms with E-state index < -0.39 is 0 Å². The minimum atomic E-state index is 0.431. The fraction of sp³-hybridized carbons (Fsp3) is 0.353. The third-order valence-electron chi connectivity index (χ3n) is 3.26. The summed E-state index contributed by atoms with van der Waals surface area (Å²) in [7, 11) is 3.31. The number of rotatable bonds is 6. The molecule has 0 bridgehead atoms. The molecule has 0 radical (unpaired) electrons. The van der Waals surface area contributed by atoms with Crippen molar-refractivity contribution in [1.82, 2.24) is 10.3 Å². The third kappa shape index (κ3) is 3.95. The van der Waals surface area contributed by atoms with Crippen LogP contribution < -0.4 is 14.8 Å². The van der Waals surface area contributed by atoms with Crippen LogP contribution in [0.2, 0.25) is 0 Å². The molecule has 112 valence electrons. The molecule has 0 spiro atoms. The lowest BCUT2D eigenvalue weighted by atomic mass is 10.0. The molecule has 4 heteroatoms. The summed E-state index contributed by atoms with van der Waals surface area (Å²) < 4.78 is 10.5. The average molecular weight is 286 g/mol. The van der Waals surface area contributed by atoms with Crippen LogP contribution >= 0.6 is 0 Å². The predicted octanol–water partition coefficient (Wildman–Crippen LogP) is 3.26. The second-order valence-electron chi connectivity index (χ2n) is 5.15. The Bertz CT molecular complexity index is 580. The standard InChI is InChI=1S/C17H22N2O2/c1-12(2)18-11-15-9-13(5-7-16(15)20-3)14-6-8-17(21-4)19-10-14/h5-10,12,18H,11H2,1-4H3. The van der Waals surface area contributed by atoms with Crippen LogP contribution in [0.4, 0.5) is 0 Å². The second-order valence-corrected chi connectivity index (χ2v) is 5.15. The first-order chi connectivity index (χ1) is 10.1. The van der Waals surface area contributed by atoms with Crippen molar-refractivity contribution in [3.05, 3.63) is 42.1 Å². The first kappa shape index (κ1) is 15.3. The van der Waals surface area contributed by atoms with Gasteiger partial charge in [-0.15, -0.1) is 0 Å². The van der Waals surface area contributed by atoms with E-state index >= 15 is 0 Å². The van der Waals surface area contributed by atoms with Gasteiger partial charge in [-0.1, -0.05) is 19.9 Å². The monoisotopic (exact) mass is 286 g/mol. The molecule has 0 saturated carbocycles. The van der Waals surface area contributed by atoms with Gasteiger partial charge in [0, 0.05) is 36.0 Å². The smallest absolute Gasteiger partial charge is 0.212 e. The quantitative estimate of drug-likeness (QED) is 0.885. The molecule has 0 saturated heterocycles. The van der Waals surface area contributed by atoms with E-state index in [0.717, 1.165) is 29.0 Å². The highest BCUT2D eigenvalue weighted by molar-refractivity contribution is 5.65. The van der Waals surface area contributed by atoms with Gasteiger partial charge in [-0.25, -0.2) is 4.98 Å². The Kier molecular flexibility index (Phi) is 5.17. The SMILES string of the molecule is COc1ccc(-c2ccc(OC)c(CNC(C)C)c2)cn1. The van der Waals surface area contributed by atoms with Crippen molar-refractivity contribution in [2.24, 2.45) is 0 Å². The van der Waals surface area contributed by atoms with Gasteiger partial charge in [0.1, 0.15) is 5.75 Å². The number of hydrogen-bond donors (Lipinski definition) is 1. The summed E-state index contributed by atoms with van der Waals surface area (Å²) in [6.07, 6.45) is 1.82. The molecule has 1 heterocycles. The summed E-state index contributed by atoms with van der Waals surface area (Å²) >= 11 is 0. The molecule has 21 heavy (non-hydrogen) atoms. The summed E-state index contributed by atoms with van der Waals surface area (Å²) in [5.41, 5.74) is 3.32.